The zero-order valence-electron chi connectivity index (χ0n) is 8.87. The molecule has 3 nitrogen and oxygen atoms in total. The van der Waals surface area contributed by atoms with Gasteiger partial charge >= 0.3 is 0 Å². The second-order valence-electron chi connectivity index (χ2n) is 4.00. The summed E-state index contributed by atoms with van der Waals surface area (Å²) >= 11 is 12.1. The summed E-state index contributed by atoms with van der Waals surface area (Å²) in [5.74, 6) is 0.228. The first-order chi connectivity index (χ1) is 8.15. The van der Waals surface area contributed by atoms with Gasteiger partial charge in [-0.15, -0.1) is 0 Å². The number of anilines is 1. The van der Waals surface area contributed by atoms with Gasteiger partial charge < -0.3 is 5.73 Å². The van der Waals surface area contributed by atoms with Gasteiger partial charge in [0.15, 0.2) is 0 Å². The third kappa shape index (κ3) is 1.75. The zero-order chi connectivity index (χ0) is 12.0. The Morgan fingerprint density at radius 1 is 1.12 bits per heavy atom. The second kappa shape index (κ2) is 3.86. The summed E-state index contributed by atoms with van der Waals surface area (Å²) < 4.78 is 0. The number of aromatic nitrogens is 2. The number of nitrogen functional groups attached to an aromatic ring is 1. The molecular weight excluding hydrogens is 257 g/mol. The van der Waals surface area contributed by atoms with Crippen LogP contribution in [-0.4, -0.2) is 9.97 Å². The number of benzene rings is 1. The Morgan fingerprint density at radius 3 is 2.76 bits per heavy atom. The van der Waals surface area contributed by atoms with Crippen molar-refractivity contribution in [3.05, 3.63) is 39.6 Å². The molecule has 1 aliphatic carbocycles. The van der Waals surface area contributed by atoms with E-state index >= 15 is 0 Å². The van der Waals surface area contributed by atoms with E-state index in [0.29, 0.717) is 5.15 Å². The first-order valence-electron chi connectivity index (χ1n) is 5.26. The topological polar surface area (TPSA) is 51.8 Å². The standard InChI is InChI=1S/C12H9Cl2N3/c13-7-2-3-8-6(5-7)1-4-9-10(8)11(14)17-12(15)16-9/h2-3,5H,1,4H2,(H2,15,16,17). The minimum absolute atomic E-state index is 0.228. The van der Waals surface area contributed by atoms with Crippen molar-refractivity contribution >= 4 is 29.2 Å². The molecule has 0 saturated heterocycles. The number of nitrogens with two attached hydrogens (primary N) is 1. The first kappa shape index (κ1) is 10.8. The van der Waals surface area contributed by atoms with Crippen LogP contribution in [-0.2, 0) is 12.8 Å². The lowest BCUT2D eigenvalue weighted by Crippen LogP contribution is -2.10. The summed E-state index contributed by atoms with van der Waals surface area (Å²) in [5, 5.41) is 1.15. The molecule has 3 rings (SSSR count). The molecule has 0 atom stereocenters. The number of rotatable bonds is 0. The number of halogens is 2. The van der Waals surface area contributed by atoms with Gasteiger partial charge in [0, 0.05) is 10.6 Å². The Kier molecular flexibility index (Phi) is 2.45. The molecule has 0 bridgehead atoms. The van der Waals surface area contributed by atoms with Crippen molar-refractivity contribution in [1.82, 2.24) is 9.97 Å². The summed E-state index contributed by atoms with van der Waals surface area (Å²) in [7, 11) is 0. The van der Waals surface area contributed by atoms with E-state index in [1.54, 1.807) is 0 Å². The average molecular weight is 266 g/mol. The molecule has 0 fully saturated rings. The van der Waals surface area contributed by atoms with E-state index in [0.717, 1.165) is 34.7 Å². The smallest absolute Gasteiger partial charge is 0.221 e. The molecule has 2 N–H and O–H groups in total. The Bertz CT molecular complexity index is 611. The van der Waals surface area contributed by atoms with Gasteiger partial charge in [-0.1, -0.05) is 29.3 Å². The van der Waals surface area contributed by atoms with E-state index in [1.165, 1.54) is 5.56 Å². The van der Waals surface area contributed by atoms with Crippen molar-refractivity contribution in [3.63, 3.8) is 0 Å². The number of hydrogen-bond donors (Lipinski definition) is 1. The van der Waals surface area contributed by atoms with Crippen molar-refractivity contribution in [3.8, 4) is 11.1 Å². The second-order valence-corrected chi connectivity index (χ2v) is 4.79. The van der Waals surface area contributed by atoms with Crippen molar-refractivity contribution in [2.75, 3.05) is 5.73 Å². The molecule has 86 valence electrons. The van der Waals surface area contributed by atoms with Crippen LogP contribution in [0.5, 0.6) is 0 Å². The molecule has 1 aromatic heterocycles. The van der Waals surface area contributed by atoms with Crippen LogP contribution in [0.1, 0.15) is 11.3 Å². The van der Waals surface area contributed by atoms with Crippen molar-refractivity contribution < 1.29 is 0 Å². The molecule has 5 heteroatoms. The summed E-state index contributed by atoms with van der Waals surface area (Å²) in [6.07, 6.45) is 1.71. The predicted molar refractivity (Wildman–Crippen MR) is 69.3 cm³/mol. The van der Waals surface area contributed by atoms with Crippen LogP contribution in [0.2, 0.25) is 10.2 Å². The van der Waals surface area contributed by atoms with Gasteiger partial charge in [-0.05, 0) is 36.1 Å². The molecule has 0 unspecified atom stereocenters. The molecule has 0 radical (unpaired) electrons. The maximum atomic E-state index is 6.15. The van der Waals surface area contributed by atoms with Gasteiger partial charge in [-0.25, -0.2) is 9.97 Å². The number of aryl methyl sites for hydroxylation is 2. The Balaban J connectivity index is 2.29. The van der Waals surface area contributed by atoms with Gasteiger partial charge in [0.25, 0.3) is 0 Å². The maximum absolute atomic E-state index is 6.15. The molecule has 0 spiro atoms. The summed E-state index contributed by atoms with van der Waals surface area (Å²) in [6, 6.07) is 5.77. The highest BCUT2D eigenvalue weighted by Gasteiger charge is 2.21. The molecule has 17 heavy (non-hydrogen) atoms. The van der Waals surface area contributed by atoms with Crippen molar-refractivity contribution in [2.45, 2.75) is 12.8 Å². The third-order valence-corrected chi connectivity index (χ3v) is 3.43. The molecule has 0 amide bonds. The summed E-state index contributed by atoms with van der Waals surface area (Å²) in [4.78, 5) is 8.25. The first-order valence-corrected chi connectivity index (χ1v) is 6.01. The van der Waals surface area contributed by atoms with Crippen molar-refractivity contribution in [1.29, 1.82) is 0 Å². The lowest BCUT2D eigenvalue weighted by Gasteiger charge is -2.19. The van der Waals surface area contributed by atoms with Gasteiger partial charge in [0.1, 0.15) is 5.15 Å². The van der Waals surface area contributed by atoms with E-state index in [9.17, 15) is 0 Å². The molecule has 1 aliphatic rings. The average Bonchev–Trinajstić information content (AvgIpc) is 2.28. The SMILES string of the molecule is Nc1nc(Cl)c2c(n1)CCc1cc(Cl)ccc1-2. The van der Waals surface area contributed by atoms with E-state index in [4.69, 9.17) is 28.9 Å². The van der Waals surface area contributed by atoms with E-state index < -0.39 is 0 Å². The fourth-order valence-electron chi connectivity index (χ4n) is 2.21. The highest BCUT2D eigenvalue weighted by atomic mass is 35.5. The molecule has 1 aromatic carbocycles. The molecule has 1 heterocycles. The summed E-state index contributed by atoms with van der Waals surface area (Å²) in [5.41, 5.74) is 9.64. The Labute approximate surface area is 109 Å². The van der Waals surface area contributed by atoms with Gasteiger partial charge in [-0.2, -0.15) is 0 Å². The van der Waals surface area contributed by atoms with Gasteiger partial charge in [0.05, 0.1) is 5.69 Å². The molecular formula is C12H9Cl2N3. The molecule has 2 aromatic rings. The quantitative estimate of drug-likeness (QED) is 0.745. The number of fused-ring (bicyclic) bond motifs is 3. The minimum atomic E-state index is 0.228. The van der Waals surface area contributed by atoms with Crippen LogP contribution in [0.4, 0.5) is 5.95 Å². The normalized spacial score (nSPS) is 13.1. The summed E-state index contributed by atoms with van der Waals surface area (Å²) in [6.45, 7) is 0. The lowest BCUT2D eigenvalue weighted by atomic mass is 9.89. The van der Waals surface area contributed by atoms with Crippen LogP contribution in [0.15, 0.2) is 18.2 Å². The maximum Gasteiger partial charge on any atom is 0.221 e. The van der Waals surface area contributed by atoms with E-state index in [1.807, 2.05) is 18.2 Å². The molecule has 0 aliphatic heterocycles. The van der Waals surface area contributed by atoms with Crippen LogP contribution in [0.25, 0.3) is 11.1 Å². The third-order valence-electron chi connectivity index (χ3n) is 2.92. The van der Waals surface area contributed by atoms with E-state index in [-0.39, 0.29) is 5.95 Å². The number of hydrogen-bond acceptors (Lipinski definition) is 3. The predicted octanol–water partition coefficient (Wildman–Crippen LogP) is 3.13. The minimum Gasteiger partial charge on any atom is -0.368 e. The van der Waals surface area contributed by atoms with E-state index in [2.05, 4.69) is 9.97 Å². The van der Waals surface area contributed by atoms with Gasteiger partial charge in [0.2, 0.25) is 5.95 Å². The highest BCUT2D eigenvalue weighted by molar-refractivity contribution is 6.32. The Morgan fingerprint density at radius 2 is 1.94 bits per heavy atom. The number of nitrogens with zero attached hydrogens (tertiary/aromatic N) is 2. The highest BCUT2D eigenvalue weighted by Crippen LogP contribution is 2.37. The van der Waals surface area contributed by atoms with Crippen LogP contribution >= 0.6 is 23.2 Å². The van der Waals surface area contributed by atoms with Crippen molar-refractivity contribution in [2.24, 2.45) is 0 Å². The fourth-order valence-corrected chi connectivity index (χ4v) is 2.70. The fraction of sp³-hybridized carbons (Fsp3) is 0.167. The van der Waals surface area contributed by atoms with Gasteiger partial charge in [-0.3, -0.25) is 0 Å². The van der Waals surface area contributed by atoms with Crippen LogP contribution in [0.3, 0.4) is 0 Å². The molecule has 0 saturated carbocycles. The monoisotopic (exact) mass is 265 g/mol. The van der Waals surface area contributed by atoms with Crippen LogP contribution in [0, 0.1) is 0 Å². The largest absolute Gasteiger partial charge is 0.368 e. The zero-order valence-corrected chi connectivity index (χ0v) is 10.4. The van der Waals surface area contributed by atoms with Crippen LogP contribution < -0.4 is 5.73 Å². The lowest BCUT2D eigenvalue weighted by molar-refractivity contribution is 0.888. The Hall–Kier alpha value is -1.32.